The predicted molar refractivity (Wildman–Crippen MR) is 159 cm³/mol. The van der Waals surface area contributed by atoms with E-state index in [2.05, 4.69) is 29.5 Å². The average Bonchev–Trinajstić information content (AvgIpc) is 3.37. The topological polar surface area (TPSA) is 76.4 Å². The molecule has 0 radical (unpaired) electrons. The minimum absolute atomic E-state index is 0.105. The molecule has 0 aliphatic heterocycles. The smallest absolute Gasteiger partial charge is 0.257 e. The van der Waals surface area contributed by atoms with Crippen LogP contribution in [0.1, 0.15) is 41.3 Å². The summed E-state index contributed by atoms with van der Waals surface area (Å²) in [5, 5.41) is 6.25. The van der Waals surface area contributed by atoms with Crippen LogP contribution in [-0.2, 0) is 6.61 Å². The van der Waals surface area contributed by atoms with Gasteiger partial charge < -0.3 is 14.5 Å². The first kappa shape index (κ1) is 26.4. The molecule has 39 heavy (non-hydrogen) atoms. The van der Waals surface area contributed by atoms with E-state index in [1.54, 1.807) is 36.4 Å². The van der Waals surface area contributed by atoms with E-state index in [1.807, 2.05) is 54.6 Å². The van der Waals surface area contributed by atoms with Crippen molar-refractivity contribution in [2.24, 2.45) is 0 Å². The molecule has 5 rings (SSSR count). The highest BCUT2D eigenvalue weighted by Gasteiger charge is 2.14. The Hall–Kier alpha value is -4.20. The number of aromatic nitrogens is 1. The Balaban J connectivity index is 1.26. The zero-order chi connectivity index (χ0) is 27.4. The van der Waals surface area contributed by atoms with Crippen LogP contribution in [0.2, 0.25) is 5.02 Å². The van der Waals surface area contributed by atoms with Crippen molar-refractivity contribution in [1.82, 2.24) is 10.3 Å². The number of rotatable bonds is 7. The third-order valence-corrected chi connectivity index (χ3v) is 6.65. The van der Waals surface area contributed by atoms with E-state index in [4.69, 9.17) is 33.0 Å². The summed E-state index contributed by atoms with van der Waals surface area (Å²) >= 11 is 11.8. The summed E-state index contributed by atoms with van der Waals surface area (Å²) in [6.07, 6.45) is 0. The monoisotopic (exact) mass is 555 g/mol. The minimum Gasteiger partial charge on any atom is -0.489 e. The minimum atomic E-state index is -0.371. The van der Waals surface area contributed by atoms with Gasteiger partial charge in [-0.3, -0.25) is 10.1 Å². The fourth-order valence-electron chi connectivity index (χ4n) is 3.98. The number of hydrogen-bond donors (Lipinski definition) is 2. The third-order valence-electron chi connectivity index (χ3n) is 6.11. The van der Waals surface area contributed by atoms with Crippen molar-refractivity contribution >= 4 is 51.6 Å². The Bertz CT molecular complexity index is 1650. The number of carbonyl (C=O) groups excluding carboxylic acids is 1. The van der Waals surface area contributed by atoms with Crippen molar-refractivity contribution in [3.05, 3.63) is 113 Å². The number of ether oxygens (including phenoxy) is 1. The second-order valence-electron chi connectivity index (χ2n) is 9.31. The van der Waals surface area contributed by atoms with E-state index in [9.17, 15) is 4.79 Å². The number of hydrogen-bond acceptors (Lipinski definition) is 5. The summed E-state index contributed by atoms with van der Waals surface area (Å²) < 4.78 is 11.8. The van der Waals surface area contributed by atoms with Crippen LogP contribution in [0.3, 0.4) is 0 Å². The molecule has 0 saturated carbocycles. The van der Waals surface area contributed by atoms with Gasteiger partial charge in [0.15, 0.2) is 10.7 Å². The number of nitrogens with zero attached hydrogens (tertiary/aromatic N) is 1. The van der Waals surface area contributed by atoms with Crippen LogP contribution in [-0.4, -0.2) is 16.0 Å². The number of fused-ring (bicyclic) bond motifs is 1. The van der Waals surface area contributed by atoms with Crippen LogP contribution < -0.4 is 15.4 Å². The van der Waals surface area contributed by atoms with Gasteiger partial charge in [-0.25, -0.2) is 4.98 Å². The van der Waals surface area contributed by atoms with E-state index in [0.29, 0.717) is 46.0 Å². The number of oxazole rings is 1. The van der Waals surface area contributed by atoms with Crippen molar-refractivity contribution in [2.75, 3.05) is 5.32 Å². The second-order valence-corrected chi connectivity index (χ2v) is 10.1. The number of benzene rings is 4. The standard InChI is InChI=1S/C31H26ClN3O3S/c1-19(2)21-12-14-28-27(16-21)33-30(38-28)23-11-13-25(32)26(17-23)34-31(39)35-29(36)22-9-6-10-24(15-22)37-18-20-7-4-3-5-8-20/h3-17,19H,18H2,1-2H3,(H2,34,35,36,39). The van der Waals surface area contributed by atoms with Crippen LogP contribution in [0.25, 0.3) is 22.6 Å². The van der Waals surface area contributed by atoms with Gasteiger partial charge in [0.05, 0.1) is 10.7 Å². The molecular formula is C31H26ClN3O3S. The maximum Gasteiger partial charge on any atom is 0.257 e. The number of amides is 1. The molecule has 0 unspecified atom stereocenters. The van der Waals surface area contributed by atoms with Crippen molar-refractivity contribution in [2.45, 2.75) is 26.4 Å². The maximum atomic E-state index is 12.9. The first-order valence-corrected chi connectivity index (χ1v) is 13.2. The van der Waals surface area contributed by atoms with Gasteiger partial charge in [-0.1, -0.05) is 67.9 Å². The summed E-state index contributed by atoms with van der Waals surface area (Å²) in [6.45, 7) is 4.68. The summed E-state index contributed by atoms with van der Waals surface area (Å²) in [4.78, 5) is 17.5. The molecule has 0 atom stereocenters. The van der Waals surface area contributed by atoms with E-state index in [0.717, 1.165) is 16.6 Å². The number of halogens is 1. The largest absolute Gasteiger partial charge is 0.489 e. The van der Waals surface area contributed by atoms with E-state index >= 15 is 0 Å². The lowest BCUT2D eigenvalue weighted by Crippen LogP contribution is -2.34. The molecule has 5 aromatic rings. The molecule has 0 aliphatic rings. The molecule has 2 N–H and O–H groups in total. The molecule has 0 aliphatic carbocycles. The van der Waals surface area contributed by atoms with E-state index < -0.39 is 0 Å². The quantitative estimate of drug-likeness (QED) is 0.198. The van der Waals surface area contributed by atoms with Gasteiger partial charge in [0, 0.05) is 11.1 Å². The van der Waals surface area contributed by atoms with E-state index in [1.165, 1.54) is 5.56 Å². The highest BCUT2D eigenvalue weighted by Crippen LogP contribution is 2.31. The predicted octanol–water partition coefficient (Wildman–Crippen LogP) is 7.98. The van der Waals surface area contributed by atoms with Gasteiger partial charge in [0.1, 0.15) is 17.9 Å². The van der Waals surface area contributed by atoms with Crippen molar-refractivity contribution < 1.29 is 13.9 Å². The van der Waals surface area contributed by atoms with Gasteiger partial charge in [0.25, 0.3) is 5.91 Å². The van der Waals surface area contributed by atoms with Crippen LogP contribution in [0, 0.1) is 0 Å². The Morgan fingerprint density at radius 1 is 1.00 bits per heavy atom. The van der Waals surface area contributed by atoms with Crippen LogP contribution in [0.15, 0.2) is 95.4 Å². The summed E-state index contributed by atoms with van der Waals surface area (Å²) in [7, 11) is 0. The summed E-state index contributed by atoms with van der Waals surface area (Å²) in [6, 6.07) is 28.1. The van der Waals surface area contributed by atoms with Gasteiger partial charge >= 0.3 is 0 Å². The van der Waals surface area contributed by atoms with Gasteiger partial charge in [-0.05, 0) is 77.8 Å². The molecule has 0 bridgehead atoms. The van der Waals surface area contributed by atoms with Crippen molar-refractivity contribution in [3.63, 3.8) is 0 Å². The van der Waals surface area contributed by atoms with Gasteiger partial charge in [-0.15, -0.1) is 0 Å². The number of carbonyl (C=O) groups is 1. The molecule has 0 fully saturated rings. The Morgan fingerprint density at radius 3 is 2.62 bits per heavy atom. The third kappa shape index (κ3) is 6.45. The molecule has 1 amide bonds. The molecule has 0 saturated heterocycles. The zero-order valence-electron chi connectivity index (χ0n) is 21.4. The summed E-state index contributed by atoms with van der Waals surface area (Å²) in [5.41, 5.74) is 5.38. The van der Waals surface area contributed by atoms with E-state index in [-0.39, 0.29) is 11.0 Å². The SMILES string of the molecule is CC(C)c1ccc2oc(-c3ccc(Cl)c(NC(=S)NC(=O)c4cccc(OCc5ccccc5)c4)c3)nc2c1. The molecule has 1 aromatic heterocycles. The number of anilines is 1. The second kappa shape index (κ2) is 11.7. The molecule has 4 aromatic carbocycles. The number of nitrogens with one attached hydrogen (secondary N) is 2. The Labute approximate surface area is 237 Å². The van der Waals surface area contributed by atoms with Crippen molar-refractivity contribution in [1.29, 1.82) is 0 Å². The van der Waals surface area contributed by atoms with Crippen molar-refractivity contribution in [3.8, 4) is 17.2 Å². The molecule has 8 heteroatoms. The highest BCUT2D eigenvalue weighted by molar-refractivity contribution is 7.80. The maximum absolute atomic E-state index is 12.9. The lowest BCUT2D eigenvalue weighted by Gasteiger charge is -2.12. The summed E-state index contributed by atoms with van der Waals surface area (Å²) in [5.74, 6) is 1.07. The lowest BCUT2D eigenvalue weighted by atomic mass is 10.0. The average molecular weight is 556 g/mol. The molecule has 1 heterocycles. The fourth-order valence-corrected chi connectivity index (χ4v) is 4.35. The first-order valence-electron chi connectivity index (χ1n) is 12.5. The fraction of sp³-hybridized carbons (Fsp3) is 0.129. The number of thiocarbonyl (C=S) groups is 1. The normalized spacial score (nSPS) is 11.0. The molecule has 0 spiro atoms. The first-order chi connectivity index (χ1) is 18.9. The van der Waals surface area contributed by atoms with Crippen LogP contribution >= 0.6 is 23.8 Å². The lowest BCUT2D eigenvalue weighted by molar-refractivity contribution is 0.0977. The Kier molecular flexibility index (Phi) is 7.91. The van der Waals surface area contributed by atoms with Gasteiger partial charge in [-0.2, -0.15) is 0 Å². The molecular weight excluding hydrogens is 530 g/mol. The zero-order valence-corrected chi connectivity index (χ0v) is 23.0. The van der Waals surface area contributed by atoms with Crippen LogP contribution in [0.5, 0.6) is 5.75 Å². The Morgan fingerprint density at radius 2 is 1.82 bits per heavy atom. The molecule has 6 nitrogen and oxygen atoms in total. The molecule has 196 valence electrons. The van der Waals surface area contributed by atoms with Crippen LogP contribution in [0.4, 0.5) is 5.69 Å². The van der Waals surface area contributed by atoms with Gasteiger partial charge in [0.2, 0.25) is 5.89 Å². The highest BCUT2D eigenvalue weighted by atomic mass is 35.5.